The summed E-state index contributed by atoms with van der Waals surface area (Å²) in [4.78, 5) is 0. The molecule has 42 valence electrons. The Morgan fingerprint density at radius 3 is 1.43 bits per heavy atom. The maximum atomic E-state index is 9.11. The summed E-state index contributed by atoms with van der Waals surface area (Å²) in [6.07, 6.45) is 0. The monoisotopic (exact) mass is 220 g/mol. The van der Waals surface area contributed by atoms with Crippen LogP contribution < -0.4 is 0 Å². The van der Waals surface area contributed by atoms with E-state index in [0.29, 0.717) is 0 Å². The van der Waals surface area contributed by atoms with E-state index in [1.807, 2.05) is 0 Å². The second-order valence-electron chi connectivity index (χ2n) is 0.448. The predicted octanol–water partition coefficient (Wildman–Crippen LogP) is -1.89. The van der Waals surface area contributed by atoms with E-state index < -0.39 is 9.05 Å². The summed E-state index contributed by atoms with van der Waals surface area (Å²) in [6.45, 7) is 0. The van der Waals surface area contributed by atoms with Crippen molar-refractivity contribution in [3.05, 3.63) is 0 Å². The van der Waals surface area contributed by atoms with E-state index in [-0.39, 0.29) is 46.6 Å². The Balaban J connectivity index is -0.0000000800. The van der Waals surface area contributed by atoms with Crippen molar-refractivity contribution < 1.29 is 13.3 Å². The molecule has 0 atom stereocenters. The van der Waals surface area contributed by atoms with E-state index in [9.17, 15) is 0 Å². The molecule has 0 aromatic heterocycles. The molecule has 2 N–H and O–H groups in total. The molecule has 0 bridgehead atoms. The van der Waals surface area contributed by atoms with Crippen molar-refractivity contribution in [1.29, 1.82) is 0 Å². The zero-order valence-corrected chi connectivity index (χ0v) is 6.35. The summed E-state index contributed by atoms with van der Waals surface area (Å²) in [5, 5.41) is 0. The predicted molar refractivity (Wildman–Crippen MR) is 36.5 cm³/mol. The topological polar surface area (TPSA) is 57.5 Å². The quantitative estimate of drug-likeness (QED) is 0.468. The number of hydrogen-bond donors (Lipinski definition) is 2. The van der Waals surface area contributed by atoms with E-state index in [1.54, 1.807) is 0 Å². The van der Waals surface area contributed by atoms with Crippen LogP contribution in [0.3, 0.4) is 0 Å². The summed E-state index contributed by atoms with van der Waals surface area (Å²) < 4.78 is 24.0. The Hall–Kier alpha value is 1.81. The van der Waals surface area contributed by atoms with Gasteiger partial charge in [-0.1, -0.05) is 0 Å². The molecule has 0 amide bonds. The molecule has 0 aromatic rings. The van der Waals surface area contributed by atoms with Crippen LogP contribution in [0.2, 0.25) is 0 Å². The maximum absolute atomic E-state index is 9.11. The van der Waals surface area contributed by atoms with Crippen molar-refractivity contribution in [2.75, 3.05) is 0 Å². The molecule has 0 fully saturated rings. The third kappa shape index (κ3) is 80.5. The molecular weight excluding hydrogens is 214 g/mol. The molecule has 7 heteroatoms. The average molecular weight is 219 g/mol. The standard InChI is InChI=1S/Na.H2O3S2.H2Se.H/c;1-5(2,3)4;;/h;(H2,1,2,3,4);1H2;. The van der Waals surface area contributed by atoms with E-state index in [0.717, 1.165) is 0 Å². The molecule has 0 saturated heterocycles. The van der Waals surface area contributed by atoms with Crippen molar-refractivity contribution in [3.8, 4) is 0 Å². The fraction of sp³-hybridized carbons (Fsp3) is 0. The minimum atomic E-state index is -3.83. The van der Waals surface area contributed by atoms with Crippen LogP contribution in [0.4, 0.5) is 0 Å². The van der Waals surface area contributed by atoms with Gasteiger partial charge < -0.3 is 0 Å². The third-order valence-electron chi connectivity index (χ3n) is 0. The van der Waals surface area contributed by atoms with Gasteiger partial charge in [0.1, 0.15) is 0 Å². The third-order valence-corrected chi connectivity index (χ3v) is 0. The second-order valence-corrected chi connectivity index (χ2v) is 2.65. The molecule has 0 aliphatic carbocycles. The SMILES string of the molecule is O=S(O)(O)=S.[NaH].[SeH2]. The van der Waals surface area contributed by atoms with Crippen molar-refractivity contribution in [2.45, 2.75) is 0 Å². The molecule has 7 heavy (non-hydrogen) atoms. The Bertz CT molecular complexity index is 96.1. The molecule has 0 heterocycles. The van der Waals surface area contributed by atoms with Gasteiger partial charge in [0.05, 0.1) is 0 Å². The van der Waals surface area contributed by atoms with Crippen LogP contribution in [-0.4, -0.2) is 59.9 Å². The molecular formula is H5NaO3S2Se. The first-order valence-corrected chi connectivity index (χ1v) is 3.10. The molecule has 0 rings (SSSR count). The Labute approximate surface area is 79.3 Å². The van der Waals surface area contributed by atoms with Gasteiger partial charge in [0, 0.05) is 11.2 Å². The normalized spacial score (nSPS) is 8.29. The van der Waals surface area contributed by atoms with Crippen LogP contribution in [-0.2, 0) is 20.2 Å². The van der Waals surface area contributed by atoms with E-state index in [2.05, 4.69) is 11.2 Å². The van der Waals surface area contributed by atoms with Crippen molar-refractivity contribution in [1.82, 2.24) is 0 Å². The van der Waals surface area contributed by atoms with Crippen LogP contribution >= 0.6 is 0 Å². The van der Waals surface area contributed by atoms with Crippen molar-refractivity contribution in [3.63, 3.8) is 0 Å². The molecule has 0 aliphatic heterocycles. The first-order chi connectivity index (χ1) is 2.00. The van der Waals surface area contributed by atoms with Crippen molar-refractivity contribution >= 4 is 66.9 Å². The fourth-order valence-electron chi connectivity index (χ4n) is 0. The molecule has 0 saturated carbocycles. The first kappa shape index (κ1) is 15.9. The molecule has 0 aliphatic rings. The fourth-order valence-corrected chi connectivity index (χ4v) is 0. The Morgan fingerprint density at radius 2 is 1.43 bits per heavy atom. The van der Waals surface area contributed by atoms with Crippen LogP contribution in [0.1, 0.15) is 0 Å². The summed E-state index contributed by atoms with van der Waals surface area (Å²) >= 11 is 3.47. The van der Waals surface area contributed by atoms with E-state index in [4.69, 9.17) is 13.3 Å². The summed E-state index contributed by atoms with van der Waals surface area (Å²) in [5.41, 5.74) is 0. The van der Waals surface area contributed by atoms with Crippen LogP contribution in [0.5, 0.6) is 0 Å². The number of hydrogen-bond acceptors (Lipinski definition) is 2. The zero-order chi connectivity index (χ0) is 4.50. The Kier molecular flexibility index (Phi) is 13.5. The summed E-state index contributed by atoms with van der Waals surface area (Å²) in [5.74, 6) is 0. The first-order valence-electron chi connectivity index (χ1n) is 0.698. The van der Waals surface area contributed by atoms with Gasteiger partial charge in [0.25, 0.3) is 9.05 Å². The van der Waals surface area contributed by atoms with Gasteiger partial charge in [-0.15, -0.1) is 0 Å². The minimum absolute atomic E-state index is 0. The zero-order valence-electron chi connectivity index (χ0n) is 2.62. The summed E-state index contributed by atoms with van der Waals surface area (Å²) in [6, 6.07) is 0. The van der Waals surface area contributed by atoms with Crippen LogP contribution in [0, 0.1) is 0 Å². The second kappa shape index (κ2) is 5.94. The number of rotatable bonds is 0. The van der Waals surface area contributed by atoms with Gasteiger partial charge in [0.2, 0.25) is 0 Å². The molecule has 0 aromatic carbocycles. The van der Waals surface area contributed by atoms with Crippen LogP contribution in [0.25, 0.3) is 0 Å². The molecule has 3 nitrogen and oxygen atoms in total. The van der Waals surface area contributed by atoms with E-state index >= 15 is 0 Å². The van der Waals surface area contributed by atoms with Gasteiger partial charge in [-0.25, -0.2) is 0 Å². The molecule has 0 unspecified atom stereocenters. The summed E-state index contributed by atoms with van der Waals surface area (Å²) in [7, 11) is -3.83. The van der Waals surface area contributed by atoms with E-state index in [1.165, 1.54) is 0 Å². The van der Waals surface area contributed by atoms with Gasteiger partial charge in [-0.05, 0) is 0 Å². The Morgan fingerprint density at radius 1 is 1.43 bits per heavy atom. The van der Waals surface area contributed by atoms with Gasteiger partial charge in [0.15, 0.2) is 0 Å². The van der Waals surface area contributed by atoms with Crippen molar-refractivity contribution in [2.24, 2.45) is 0 Å². The average Bonchev–Trinajstić information content (AvgIpc) is 0.722. The van der Waals surface area contributed by atoms with Gasteiger partial charge in [-0.2, -0.15) is 4.21 Å². The molecule has 0 spiro atoms. The van der Waals surface area contributed by atoms with Crippen LogP contribution in [0.15, 0.2) is 0 Å². The van der Waals surface area contributed by atoms with Gasteiger partial charge >= 0.3 is 46.6 Å². The van der Waals surface area contributed by atoms with Gasteiger partial charge in [-0.3, -0.25) is 9.11 Å². The molecule has 0 radical (unpaired) electrons.